The van der Waals surface area contributed by atoms with Gasteiger partial charge in [-0.3, -0.25) is 44.1 Å². The van der Waals surface area contributed by atoms with Crippen molar-refractivity contribution in [2.45, 2.75) is 103 Å². The monoisotopic (exact) mass is 1100 g/mol. The van der Waals surface area contributed by atoms with E-state index < -0.39 is 28.7 Å². The number of alkyl halides is 1. The van der Waals surface area contributed by atoms with Gasteiger partial charge < -0.3 is 18.9 Å². The molecule has 0 unspecified atom stereocenters. The molecule has 10 rings (SSSR count). The Labute approximate surface area is 435 Å². The van der Waals surface area contributed by atoms with Crippen molar-refractivity contribution in [3.8, 4) is 11.5 Å². The van der Waals surface area contributed by atoms with E-state index in [2.05, 4.69) is 41.4 Å². The molecule has 4 aromatic heterocycles. The minimum absolute atomic E-state index is 0.0541. The number of nitrogens with zero attached hydrogens (tertiary/aromatic N) is 5. The number of aromatic amines is 3. The van der Waals surface area contributed by atoms with Crippen LogP contribution in [0.25, 0.3) is 43.4 Å². The number of hydrogen-bond acceptors (Lipinski definition) is 12. The number of esters is 2. The van der Waals surface area contributed by atoms with Crippen LogP contribution in [0, 0.1) is 11.8 Å². The second-order valence-electron chi connectivity index (χ2n) is 20.0. The lowest BCUT2D eigenvalue weighted by molar-refractivity contribution is -0.157. The molecule has 0 atom stereocenters. The third-order valence-electron chi connectivity index (χ3n) is 11.5. The summed E-state index contributed by atoms with van der Waals surface area (Å²) in [4.78, 5) is 74.2. The Hall–Kier alpha value is -6.70. The topological polar surface area (TPSA) is 227 Å². The molecule has 0 aliphatic heterocycles. The molecule has 0 bridgehead atoms. The van der Waals surface area contributed by atoms with Gasteiger partial charge in [-0.2, -0.15) is 10.2 Å². The largest absolute Gasteiger partial charge is 0.492 e. The van der Waals surface area contributed by atoms with Crippen molar-refractivity contribution in [1.29, 1.82) is 0 Å². The van der Waals surface area contributed by atoms with Gasteiger partial charge >= 0.3 is 11.9 Å². The minimum atomic E-state index is -0.694. The molecule has 384 valence electrons. The van der Waals surface area contributed by atoms with Gasteiger partial charge in [0.1, 0.15) is 35.8 Å². The number of rotatable bonds is 13. The number of ether oxygens (including phenoxy) is 4. The van der Waals surface area contributed by atoms with Crippen LogP contribution >= 0.6 is 39.1 Å². The molecule has 8 aromatic rings. The molecule has 18 nitrogen and oxygen atoms in total. The summed E-state index contributed by atoms with van der Waals surface area (Å²) in [6, 6.07) is 20.9. The van der Waals surface area contributed by atoms with Crippen molar-refractivity contribution in [1.82, 2.24) is 39.5 Å². The quantitative estimate of drug-likeness (QED) is 0.0727. The van der Waals surface area contributed by atoms with Crippen LogP contribution in [-0.2, 0) is 44.0 Å². The van der Waals surface area contributed by atoms with Gasteiger partial charge in [0.25, 0.3) is 22.2 Å². The van der Waals surface area contributed by atoms with Crippen molar-refractivity contribution in [3.05, 3.63) is 136 Å². The number of H-pyrrole nitrogens is 3. The van der Waals surface area contributed by atoms with Crippen LogP contribution in [0.2, 0.25) is 10.0 Å². The first-order valence-electron chi connectivity index (χ1n) is 23.7. The lowest BCUT2D eigenvalue weighted by Gasteiger charge is -2.19. The highest BCUT2D eigenvalue weighted by Crippen LogP contribution is 2.34. The Morgan fingerprint density at radius 1 is 0.616 bits per heavy atom. The molecule has 0 spiro atoms. The first kappa shape index (κ1) is 52.6. The van der Waals surface area contributed by atoms with Crippen LogP contribution in [0.4, 0.5) is 0 Å². The number of hydrogen-bond donors (Lipinski definition) is 3. The predicted octanol–water partition coefficient (Wildman–Crippen LogP) is 8.80. The molecule has 73 heavy (non-hydrogen) atoms. The third-order valence-corrected chi connectivity index (χ3v) is 12.6. The van der Waals surface area contributed by atoms with E-state index in [0.29, 0.717) is 95.8 Å². The fourth-order valence-electron chi connectivity index (χ4n) is 7.70. The summed E-state index contributed by atoms with van der Waals surface area (Å²) in [5.41, 5.74) is 0.0574. The highest BCUT2D eigenvalue weighted by molar-refractivity contribution is 9.08. The van der Waals surface area contributed by atoms with E-state index >= 15 is 0 Å². The second kappa shape index (κ2) is 21.8. The van der Waals surface area contributed by atoms with Crippen LogP contribution in [0.5, 0.6) is 11.5 Å². The van der Waals surface area contributed by atoms with Gasteiger partial charge in [0.05, 0.1) is 73.8 Å². The maximum absolute atomic E-state index is 13.2. The second-order valence-corrected chi connectivity index (χ2v) is 21.3. The molecule has 0 saturated heterocycles. The van der Waals surface area contributed by atoms with E-state index in [0.717, 1.165) is 33.1 Å². The van der Waals surface area contributed by atoms with E-state index in [4.69, 9.17) is 42.1 Å². The van der Waals surface area contributed by atoms with Crippen molar-refractivity contribution >= 4 is 94.4 Å². The molecular weight excluding hydrogens is 1050 g/mol. The summed E-state index contributed by atoms with van der Waals surface area (Å²) >= 11 is 15.8. The van der Waals surface area contributed by atoms with Gasteiger partial charge in [0.15, 0.2) is 0 Å². The normalized spacial score (nSPS) is 13.6. The maximum Gasteiger partial charge on any atom is 0.328 e. The third kappa shape index (κ3) is 13.3. The van der Waals surface area contributed by atoms with Gasteiger partial charge in [0, 0.05) is 28.2 Å². The Bertz CT molecular complexity index is 3610. The molecule has 4 aromatic carbocycles. The Kier molecular flexibility index (Phi) is 15.7. The Balaban J connectivity index is 0.000000162. The number of aromatic nitrogens is 8. The van der Waals surface area contributed by atoms with Crippen molar-refractivity contribution in [2.75, 3.05) is 13.2 Å². The maximum atomic E-state index is 13.2. The van der Waals surface area contributed by atoms with E-state index in [9.17, 15) is 28.8 Å². The fraction of sp³-hybridized carbons (Fsp3) is 0.385. The van der Waals surface area contributed by atoms with E-state index in [1.54, 1.807) is 102 Å². The van der Waals surface area contributed by atoms with Crippen LogP contribution in [0.3, 0.4) is 0 Å². The van der Waals surface area contributed by atoms with Gasteiger partial charge in [-0.1, -0.05) is 75.5 Å². The van der Waals surface area contributed by atoms with Gasteiger partial charge in [0.2, 0.25) is 0 Å². The molecule has 2 saturated carbocycles. The number of carbonyl (C=O) groups is 2. The molecule has 0 amide bonds. The van der Waals surface area contributed by atoms with Gasteiger partial charge in [-0.15, -0.1) is 0 Å². The number of halogens is 3. The predicted molar refractivity (Wildman–Crippen MR) is 283 cm³/mol. The Morgan fingerprint density at radius 2 is 1.07 bits per heavy atom. The molecule has 2 aliphatic carbocycles. The standard InChI is InChI=1S/C26H27ClN4O5.C15H17BrN2O3.C11H11ClN2O2/c1-26(2,3)36-23(32)13-31-24(33)17-7-5-4-6-16(17)21(29-31)12-30-25(34)18-10-19(27)22(11-20(18)28-30)35-14-15-8-9-15;1-15(2,3)21-13(19)9-18-14(20)11-7-5-4-6-10(11)12(8-16)17-18;12-8-3-7-9(13-14-11(7)15)4-10(8)16-5-6-1-2-6/h4-7,10-11,15,28H,8-9,12-14H2,1-3H3;4-7H,8-9H2,1-3H3;3-4,6H,1-2,5H2,(H2,13,14,15). The van der Waals surface area contributed by atoms with E-state index in [1.165, 1.54) is 17.5 Å². The van der Waals surface area contributed by atoms with Crippen molar-refractivity contribution in [2.24, 2.45) is 11.8 Å². The molecule has 21 heteroatoms. The lowest BCUT2D eigenvalue weighted by atomic mass is 10.1. The summed E-state index contributed by atoms with van der Waals surface area (Å²) in [6.45, 7) is 11.4. The Morgan fingerprint density at radius 3 is 1.55 bits per heavy atom. The first-order chi connectivity index (χ1) is 34.6. The van der Waals surface area contributed by atoms with E-state index in [1.807, 2.05) is 12.1 Å². The van der Waals surface area contributed by atoms with Gasteiger partial charge in [-0.05, 0) is 103 Å². The molecule has 2 fully saturated rings. The lowest BCUT2D eigenvalue weighted by Crippen LogP contribution is -2.33. The summed E-state index contributed by atoms with van der Waals surface area (Å²) < 4.78 is 25.7. The van der Waals surface area contributed by atoms with Crippen LogP contribution in [0.15, 0.2) is 92.0 Å². The number of fused-ring (bicyclic) bond motifs is 4. The molecule has 4 heterocycles. The fourth-order valence-corrected chi connectivity index (χ4v) is 8.55. The highest BCUT2D eigenvalue weighted by Gasteiger charge is 2.25. The van der Waals surface area contributed by atoms with Crippen LogP contribution < -0.4 is 31.7 Å². The van der Waals surface area contributed by atoms with E-state index in [-0.39, 0.29) is 36.3 Å². The first-order valence-corrected chi connectivity index (χ1v) is 25.6. The van der Waals surface area contributed by atoms with Crippen molar-refractivity contribution in [3.63, 3.8) is 0 Å². The smallest absolute Gasteiger partial charge is 0.328 e. The van der Waals surface area contributed by atoms with Gasteiger partial charge in [-0.25, -0.2) is 14.0 Å². The summed E-state index contributed by atoms with van der Waals surface area (Å²) in [5.74, 6) is 1.35. The number of nitrogens with one attached hydrogen (secondary N) is 3. The summed E-state index contributed by atoms with van der Waals surface area (Å²) in [7, 11) is 0. The molecule has 0 radical (unpaired) electrons. The molecule has 3 N–H and O–H groups in total. The SMILES string of the molecule is CC(C)(C)OC(=O)Cn1nc(CBr)c2ccccc2c1=O.CC(C)(C)OC(=O)Cn1nc(Cn2[nH]c3cc(OCC4CC4)c(Cl)cc3c2=O)c2ccccc2c1=O.O=c1[nH][nH]c2cc(OCC3CC3)c(Cl)cc12. The number of carbonyl (C=O) groups excluding carboxylic acids is 2. The zero-order chi connectivity index (χ0) is 52.4. The summed E-state index contributed by atoms with van der Waals surface area (Å²) in [5, 5.41) is 21.8. The average molecular weight is 1100 g/mol. The molecular formula is C52H55BrCl2N8O10. The van der Waals surface area contributed by atoms with Crippen LogP contribution in [0.1, 0.15) is 78.6 Å². The average Bonchev–Trinajstić information content (AvgIpc) is 4.28. The minimum Gasteiger partial charge on any atom is -0.492 e. The van der Waals surface area contributed by atoms with Crippen LogP contribution in [-0.4, -0.2) is 75.9 Å². The zero-order valence-corrected chi connectivity index (χ0v) is 44.2. The van der Waals surface area contributed by atoms with Crippen molar-refractivity contribution < 1.29 is 28.5 Å². The summed E-state index contributed by atoms with van der Waals surface area (Å²) in [6.07, 6.45) is 4.79. The highest BCUT2D eigenvalue weighted by atomic mass is 79.9. The number of benzene rings is 4. The molecule has 2 aliphatic rings. The zero-order valence-electron chi connectivity index (χ0n) is 41.1.